The number of carboxylic acids is 1. The Labute approximate surface area is 69.7 Å². The molecule has 0 bridgehead atoms. The number of aliphatic carboxylic acids is 1. The third kappa shape index (κ3) is 1.20. The van der Waals surface area contributed by atoms with E-state index >= 15 is 0 Å². The van der Waals surface area contributed by atoms with Gasteiger partial charge >= 0.3 is 5.97 Å². The molecule has 0 aromatic carbocycles. The molecule has 0 amide bonds. The number of carbonyl (C=O) groups is 1. The highest BCUT2D eigenvalue weighted by Gasteiger charge is 2.19. The largest absolute Gasteiger partial charge is 0.476 e. The van der Waals surface area contributed by atoms with Gasteiger partial charge in [0, 0.05) is 7.05 Å². The van der Waals surface area contributed by atoms with Crippen molar-refractivity contribution in [1.29, 1.82) is 0 Å². The van der Waals surface area contributed by atoms with Crippen molar-refractivity contribution in [2.75, 3.05) is 7.05 Å². The van der Waals surface area contributed by atoms with Crippen LogP contribution in [0.25, 0.3) is 0 Å². The van der Waals surface area contributed by atoms with E-state index in [9.17, 15) is 4.79 Å². The maximum absolute atomic E-state index is 10.5. The normalized spacial score (nSPS) is 17.2. The second kappa shape index (κ2) is 2.77. The molecule has 0 atom stereocenters. The number of carboxylic acid groups (broad SMARTS) is 1. The fraction of sp³-hybridized carbons (Fsp3) is 0.286. The van der Waals surface area contributed by atoms with Crippen LogP contribution in [0.5, 0.6) is 0 Å². The molecule has 0 aliphatic carbocycles. The molecule has 5 heteroatoms. The molecule has 0 spiro atoms. The van der Waals surface area contributed by atoms with E-state index < -0.39 is 5.97 Å². The van der Waals surface area contributed by atoms with Crippen molar-refractivity contribution >= 4 is 5.97 Å². The molecule has 12 heavy (non-hydrogen) atoms. The Morgan fingerprint density at radius 3 is 2.67 bits per heavy atom. The van der Waals surface area contributed by atoms with Crippen LogP contribution in [0.15, 0.2) is 34.0 Å². The Morgan fingerprint density at radius 1 is 1.58 bits per heavy atom. The van der Waals surface area contributed by atoms with Gasteiger partial charge in [0.25, 0.3) is 0 Å². The van der Waals surface area contributed by atoms with Crippen molar-refractivity contribution < 1.29 is 9.90 Å². The first-order valence-electron chi connectivity index (χ1n) is 3.32. The zero-order valence-corrected chi connectivity index (χ0v) is 6.90. The summed E-state index contributed by atoms with van der Waals surface area (Å²) in [6.45, 7) is 5.24. The first kappa shape index (κ1) is 8.45. The molecule has 0 unspecified atom stereocenters. The van der Waals surface area contributed by atoms with Crippen LogP contribution >= 0.6 is 0 Å². The summed E-state index contributed by atoms with van der Waals surface area (Å²) >= 11 is 0. The maximum atomic E-state index is 10.5. The fourth-order valence-electron chi connectivity index (χ4n) is 0.797. The van der Waals surface area contributed by atoms with Gasteiger partial charge in [0.05, 0.1) is 5.70 Å². The number of nitrogens with zero attached hydrogens (tertiary/aromatic N) is 3. The van der Waals surface area contributed by atoms with Gasteiger partial charge in [0.1, 0.15) is 5.82 Å². The Kier molecular flexibility index (Phi) is 1.95. The molecule has 1 rings (SSSR count). The van der Waals surface area contributed by atoms with Crippen LogP contribution in [0.1, 0.15) is 6.92 Å². The van der Waals surface area contributed by atoms with Gasteiger partial charge in [-0.05, 0) is 6.92 Å². The molecular weight excluding hydrogens is 158 g/mol. The zero-order chi connectivity index (χ0) is 9.30. The highest BCUT2D eigenvalue weighted by atomic mass is 16.4. The van der Waals surface area contributed by atoms with Crippen LogP contribution in [-0.4, -0.2) is 23.0 Å². The summed E-state index contributed by atoms with van der Waals surface area (Å²) in [5, 5.41) is 15.7. The molecule has 0 fully saturated rings. The summed E-state index contributed by atoms with van der Waals surface area (Å²) in [5.41, 5.74) is 0.507. The second-order valence-corrected chi connectivity index (χ2v) is 2.41. The highest BCUT2D eigenvalue weighted by Crippen LogP contribution is 2.20. The van der Waals surface area contributed by atoms with E-state index in [1.165, 1.54) is 0 Å². The predicted octanol–water partition coefficient (Wildman–Crippen LogP) is 1.17. The van der Waals surface area contributed by atoms with Gasteiger partial charge in [-0.1, -0.05) is 6.58 Å². The minimum absolute atomic E-state index is 0.0371. The quantitative estimate of drug-likeness (QED) is 0.637. The molecule has 1 heterocycles. The van der Waals surface area contributed by atoms with Gasteiger partial charge < -0.3 is 10.0 Å². The smallest absolute Gasteiger partial charge is 0.358 e. The summed E-state index contributed by atoms with van der Waals surface area (Å²) in [6, 6.07) is 0. The SMILES string of the molecule is C=C1N=NC(C(=O)O)=C(C)N1C. The van der Waals surface area contributed by atoms with Gasteiger partial charge in [0.15, 0.2) is 5.70 Å². The van der Waals surface area contributed by atoms with E-state index in [4.69, 9.17) is 5.11 Å². The first-order chi connectivity index (χ1) is 5.54. The molecule has 0 saturated carbocycles. The van der Waals surface area contributed by atoms with Crippen molar-refractivity contribution in [3.63, 3.8) is 0 Å². The third-order valence-corrected chi connectivity index (χ3v) is 1.70. The van der Waals surface area contributed by atoms with E-state index in [-0.39, 0.29) is 5.70 Å². The summed E-state index contributed by atoms with van der Waals surface area (Å²) in [7, 11) is 1.69. The zero-order valence-electron chi connectivity index (χ0n) is 6.90. The Hall–Kier alpha value is -1.65. The molecule has 5 nitrogen and oxygen atoms in total. The lowest BCUT2D eigenvalue weighted by atomic mass is 10.3. The Morgan fingerprint density at radius 2 is 2.17 bits per heavy atom. The Balaban J connectivity index is 3.10. The van der Waals surface area contributed by atoms with Crippen molar-refractivity contribution in [3.8, 4) is 0 Å². The summed E-state index contributed by atoms with van der Waals surface area (Å²) < 4.78 is 0. The van der Waals surface area contributed by atoms with Gasteiger partial charge in [-0.25, -0.2) is 4.79 Å². The van der Waals surface area contributed by atoms with Crippen molar-refractivity contribution in [2.24, 2.45) is 10.2 Å². The van der Waals surface area contributed by atoms with Gasteiger partial charge in [-0.3, -0.25) is 0 Å². The topological polar surface area (TPSA) is 65.3 Å². The van der Waals surface area contributed by atoms with Crippen LogP contribution < -0.4 is 0 Å². The van der Waals surface area contributed by atoms with Crippen LogP contribution in [0.2, 0.25) is 0 Å². The van der Waals surface area contributed by atoms with Crippen LogP contribution in [0.4, 0.5) is 0 Å². The lowest BCUT2D eigenvalue weighted by Crippen LogP contribution is -2.20. The van der Waals surface area contributed by atoms with Gasteiger partial charge in [0.2, 0.25) is 0 Å². The molecule has 0 aromatic heterocycles. The van der Waals surface area contributed by atoms with E-state index in [1.807, 2.05) is 0 Å². The van der Waals surface area contributed by atoms with E-state index in [0.29, 0.717) is 11.5 Å². The van der Waals surface area contributed by atoms with Crippen LogP contribution in [0, 0.1) is 0 Å². The number of hydrogen-bond acceptors (Lipinski definition) is 4. The average molecular weight is 167 g/mol. The minimum Gasteiger partial charge on any atom is -0.476 e. The number of azo groups is 1. The second-order valence-electron chi connectivity index (χ2n) is 2.41. The predicted molar refractivity (Wildman–Crippen MR) is 42.1 cm³/mol. The van der Waals surface area contributed by atoms with Crippen molar-refractivity contribution in [3.05, 3.63) is 23.8 Å². The van der Waals surface area contributed by atoms with Crippen molar-refractivity contribution in [2.45, 2.75) is 6.92 Å². The maximum Gasteiger partial charge on any atom is 0.358 e. The number of allylic oxidation sites excluding steroid dienone is 1. The van der Waals surface area contributed by atoms with Gasteiger partial charge in [-0.2, -0.15) is 0 Å². The van der Waals surface area contributed by atoms with E-state index in [2.05, 4.69) is 16.8 Å². The third-order valence-electron chi connectivity index (χ3n) is 1.70. The molecule has 64 valence electrons. The van der Waals surface area contributed by atoms with E-state index in [0.717, 1.165) is 0 Å². The molecule has 1 aliphatic rings. The standard InChI is InChI=1S/C7H9N3O2/c1-4-6(7(11)12)9-8-5(2)10(4)3/h2H2,1,3H3,(H,11,12). The Bertz CT molecular complexity index is 304. The lowest BCUT2D eigenvalue weighted by molar-refractivity contribution is -0.132. The molecule has 0 aromatic rings. The van der Waals surface area contributed by atoms with Crippen molar-refractivity contribution in [1.82, 2.24) is 4.90 Å². The monoisotopic (exact) mass is 167 g/mol. The van der Waals surface area contributed by atoms with Crippen LogP contribution in [-0.2, 0) is 4.79 Å². The fourth-order valence-corrected chi connectivity index (χ4v) is 0.797. The summed E-state index contributed by atoms with van der Waals surface area (Å²) in [6.07, 6.45) is 0. The summed E-state index contributed by atoms with van der Waals surface area (Å²) in [5.74, 6) is -0.631. The number of hydrogen-bond donors (Lipinski definition) is 1. The molecule has 0 saturated heterocycles. The highest BCUT2D eigenvalue weighted by molar-refractivity contribution is 5.87. The van der Waals surface area contributed by atoms with Crippen LogP contribution in [0.3, 0.4) is 0 Å². The molecule has 1 aliphatic heterocycles. The summed E-state index contributed by atoms with van der Waals surface area (Å²) in [4.78, 5) is 12.1. The molecular formula is C7H9N3O2. The van der Waals surface area contributed by atoms with Gasteiger partial charge in [-0.15, -0.1) is 10.2 Å². The lowest BCUT2D eigenvalue weighted by Gasteiger charge is -2.22. The first-order valence-corrected chi connectivity index (χ1v) is 3.32. The molecule has 1 N–H and O–H groups in total. The minimum atomic E-state index is -1.07. The molecule has 0 radical (unpaired) electrons. The van der Waals surface area contributed by atoms with E-state index in [1.54, 1.807) is 18.9 Å². The average Bonchev–Trinajstić information content (AvgIpc) is 2.00. The number of rotatable bonds is 1.